The minimum atomic E-state index is -5.08. The van der Waals surface area contributed by atoms with Crippen LogP contribution in [-0.2, 0) is 9.53 Å². The van der Waals surface area contributed by atoms with Gasteiger partial charge in [0.05, 0.1) is 5.02 Å². The Morgan fingerprint density at radius 3 is 2.39 bits per heavy atom. The van der Waals surface area contributed by atoms with Crippen LogP contribution in [0.15, 0.2) is 42.5 Å². The summed E-state index contributed by atoms with van der Waals surface area (Å²) >= 11 is 12.6. The molecule has 2 atom stereocenters. The predicted molar refractivity (Wildman–Crippen MR) is 99.4 cm³/mol. The molecular formula is C20H16Cl2F3NO2. The summed E-state index contributed by atoms with van der Waals surface area (Å²) in [5.74, 6) is -2.37. The number of hydrogen-bond donors (Lipinski definition) is 0. The van der Waals surface area contributed by atoms with E-state index in [0.29, 0.717) is 22.7 Å². The highest BCUT2D eigenvalue weighted by molar-refractivity contribution is 6.35. The zero-order valence-electron chi connectivity index (χ0n) is 14.5. The summed E-state index contributed by atoms with van der Waals surface area (Å²) in [7, 11) is 0. The molecule has 0 radical (unpaired) electrons. The van der Waals surface area contributed by atoms with E-state index in [4.69, 9.17) is 27.9 Å². The fraction of sp³-hybridized carbons (Fsp3) is 0.350. The molecular weight excluding hydrogens is 414 g/mol. The van der Waals surface area contributed by atoms with Crippen molar-refractivity contribution in [3.63, 3.8) is 0 Å². The highest BCUT2D eigenvalue weighted by atomic mass is 35.5. The van der Waals surface area contributed by atoms with Crippen LogP contribution in [-0.4, -0.2) is 29.6 Å². The van der Waals surface area contributed by atoms with E-state index in [0.717, 1.165) is 18.4 Å². The monoisotopic (exact) mass is 429 g/mol. The standard InChI is InChI=1S/C20H16Cl2F3NO2/c21-12-8-14-15(11-4-2-1-3-5-11)10-26(13-6-7-13)18(17(14)16(22)9-12)28-19(27)20(23,24)25/h1-5,8-9,13,15,18H,6-7,10H2. The quantitative estimate of drug-likeness (QED) is 0.585. The molecule has 4 rings (SSSR count). The van der Waals surface area contributed by atoms with Gasteiger partial charge in [0.15, 0.2) is 6.23 Å². The van der Waals surface area contributed by atoms with Gasteiger partial charge in [-0.3, -0.25) is 4.90 Å². The lowest BCUT2D eigenvalue weighted by atomic mass is 9.83. The molecule has 2 aromatic rings. The van der Waals surface area contributed by atoms with E-state index in [-0.39, 0.29) is 17.0 Å². The van der Waals surface area contributed by atoms with Crippen molar-refractivity contribution in [1.29, 1.82) is 0 Å². The number of carbonyl (C=O) groups is 1. The summed E-state index contributed by atoms with van der Waals surface area (Å²) in [4.78, 5) is 13.4. The lowest BCUT2D eigenvalue weighted by molar-refractivity contribution is -0.215. The van der Waals surface area contributed by atoms with E-state index in [1.807, 2.05) is 35.2 Å². The molecule has 2 unspecified atom stereocenters. The molecule has 0 aromatic heterocycles. The first-order valence-electron chi connectivity index (χ1n) is 8.83. The molecule has 8 heteroatoms. The molecule has 1 fully saturated rings. The topological polar surface area (TPSA) is 29.5 Å². The number of carbonyl (C=O) groups excluding carboxylic acids is 1. The molecule has 0 saturated heterocycles. The summed E-state index contributed by atoms with van der Waals surface area (Å²) in [5.41, 5.74) is 2.05. The number of nitrogens with zero attached hydrogens (tertiary/aromatic N) is 1. The van der Waals surface area contributed by atoms with Crippen LogP contribution in [0, 0.1) is 0 Å². The Kier molecular flexibility index (Phi) is 5.06. The zero-order chi connectivity index (χ0) is 20.1. The van der Waals surface area contributed by atoms with Gasteiger partial charge in [0.1, 0.15) is 0 Å². The van der Waals surface area contributed by atoms with Crippen LogP contribution in [0.1, 0.15) is 41.7 Å². The molecule has 28 heavy (non-hydrogen) atoms. The van der Waals surface area contributed by atoms with Gasteiger partial charge >= 0.3 is 12.1 Å². The van der Waals surface area contributed by atoms with E-state index in [1.165, 1.54) is 6.07 Å². The molecule has 148 valence electrons. The molecule has 1 aliphatic heterocycles. The second-order valence-electron chi connectivity index (χ2n) is 7.04. The number of hydrogen-bond acceptors (Lipinski definition) is 3. The van der Waals surface area contributed by atoms with Crippen molar-refractivity contribution >= 4 is 29.2 Å². The highest BCUT2D eigenvalue weighted by Gasteiger charge is 2.48. The van der Waals surface area contributed by atoms with Crippen LogP contribution in [0.4, 0.5) is 13.2 Å². The van der Waals surface area contributed by atoms with Crippen LogP contribution < -0.4 is 0 Å². The molecule has 2 aromatic carbocycles. The third-order valence-electron chi connectivity index (χ3n) is 5.11. The Balaban J connectivity index is 1.83. The minimum Gasteiger partial charge on any atom is -0.435 e. The van der Waals surface area contributed by atoms with Crippen molar-refractivity contribution in [1.82, 2.24) is 4.90 Å². The van der Waals surface area contributed by atoms with Crippen molar-refractivity contribution in [2.24, 2.45) is 0 Å². The van der Waals surface area contributed by atoms with Gasteiger partial charge in [0, 0.05) is 29.1 Å². The van der Waals surface area contributed by atoms with Crippen LogP contribution in [0.3, 0.4) is 0 Å². The average Bonchev–Trinajstić information content (AvgIpc) is 3.46. The van der Waals surface area contributed by atoms with Gasteiger partial charge in [-0.05, 0) is 36.1 Å². The molecule has 1 saturated carbocycles. The highest BCUT2D eigenvalue weighted by Crippen LogP contribution is 2.48. The third-order valence-corrected chi connectivity index (χ3v) is 5.64. The van der Waals surface area contributed by atoms with Crippen LogP contribution >= 0.6 is 23.2 Å². The lowest BCUT2D eigenvalue weighted by Gasteiger charge is -2.41. The molecule has 0 bridgehead atoms. The fourth-order valence-electron chi connectivity index (χ4n) is 3.74. The number of rotatable bonds is 3. The molecule has 0 N–H and O–H groups in total. The fourth-order valence-corrected chi connectivity index (χ4v) is 4.34. The van der Waals surface area contributed by atoms with Crippen LogP contribution in [0.5, 0.6) is 0 Å². The maximum atomic E-state index is 12.9. The van der Waals surface area contributed by atoms with Crippen LogP contribution in [0.2, 0.25) is 10.0 Å². The molecule has 2 aliphatic rings. The number of halogens is 5. The summed E-state index contributed by atoms with van der Waals surface area (Å²) in [6.07, 6.45) is -4.60. The Morgan fingerprint density at radius 2 is 1.79 bits per heavy atom. The molecule has 0 spiro atoms. The minimum absolute atomic E-state index is 0.0529. The second-order valence-corrected chi connectivity index (χ2v) is 7.88. The van der Waals surface area contributed by atoms with Crippen molar-refractivity contribution in [2.75, 3.05) is 6.54 Å². The van der Waals surface area contributed by atoms with Gasteiger partial charge in [0.25, 0.3) is 0 Å². The van der Waals surface area contributed by atoms with E-state index < -0.39 is 18.4 Å². The predicted octanol–water partition coefficient (Wildman–Crippen LogP) is 5.71. The molecule has 3 nitrogen and oxygen atoms in total. The largest absolute Gasteiger partial charge is 0.490 e. The maximum Gasteiger partial charge on any atom is 0.490 e. The normalized spacial score (nSPS) is 22.6. The zero-order valence-corrected chi connectivity index (χ0v) is 16.1. The summed E-state index contributed by atoms with van der Waals surface area (Å²) < 4.78 is 43.6. The SMILES string of the molecule is O=C(OC1c2c(Cl)cc(Cl)cc2C(c2ccccc2)CN1C1CC1)C(F)(F)F. The third kappa shape index (κ3) is 3.73. The number of ether oxygens (including phenoxy) is 1. The van der Waals surface area contributed by atoms with Crippen molar-refractivity contribution in [3.8, 4) is 0 Å². The van der Waals surface area contributed by atoms with E-state index in [2.05, 4.69) is 0 Å². The van der Waals surface area contributed by atoms with Gasteiger partial charge < -0.3 is 4.74 Å². The van der Waals surface area contributed by atoms with Gasteiger partial charge in [-0.2, -0.15) is 13.2 Å². The summed E-state index contributed by atoms with van der Waals surface area (Å²) in [6, 6.07) is 12.8. The van der Waals surface area contributed by atoms with Crippen molar-refractivity contribution < 1.29 is 22.7 Å². The number of fused-ring (bicyclic) bond motifs is 1. The van der Waals surface area contributed by atoms with E-state index in [9.17, 15) is 18.0 Å². The Morgan fingerprint density at radius 1 is 1.11 bits per heavy atom. The molecule has 1 aliphatic carbocycles. The maximum absolute atomic E-state index is 12.9. The van der Waals surface area contributed by atoms with Crippen molar-refractivity contribution in [2.45, 2.75) is 37.2 Å². The van der Waals surface area contributed by atoms with E-state index in [1.54, 1.807) is 6.07 Å². The molecule has 0 amide bonds. The van der Waals surface area contributed by atoms with Gasteiger partial charge in [-0.1, -0.05) is 53.5 Å². The van der Waals surface area contributed by atoms with Gasteiger partial charge in [-0.15, -0.1) is 0 Å². The first-order chi connectivity index (χ1) is 13.3. The van der Waals surface area contributed by atoms with Gasteiger partial charge in [0.2, 0.25) is 0 Å². The Hall–Kier alpha value is -1.76. The molecule has 1 heterocycles. The summed E-state index contributed by atoms with van der Waals surface area (Å²) in [5, 5.41) is 0.569. The second kappa shape index (κ2) is 7.25. The number of alkyl halides is 3. The lowest BCUT2D eigenvalue weighted by Crippen LogP contribution is -2.43. The van der Waals surface area contributed by atoms with Crippen LogP contribution in [0.25, 0.3) is 0 Å². The van der Waals surface area contributed by atoms with Gasteiger partial charge in [-0.25, -0.2) is 4.79 Å². The smallest absolute Gasteiger partial charge is 0.435 e. The number of esters is 1. The Bertz CT molecular complexity index is 900. The first-order valence-corrected chi connectivity index (χ1v) is 9.58. The summed E-state index contributed by atoms with van der Waals surface area (Å²) in [6.45, 7) is 0.411. The van der Waals surface area contributed by atoms with E-state index >= 15 is 0 Å². The first kappa shape index (κ1) is 19.6. The average molecular weight is 430 g/mol. The Labute approximate surface area is 170 Å². The van der Waals surface area contributed by atoms with Crippen molar-refractivity contribution in [3.05, 3.63) is 69.2 Å². The number of benzene rings is 2.